The van der Waals surface area contributed by atoms with Gasteiger partial charge < -0.3 is 10.4 Å². The van der Waals surface area contributed by atoms with E-state index < -0.39 is 5.54 Å². The van der Waals surface area contributed by atoms with Crippen molar-refractivity contribution in [3.8, 4) is 5.82 Å². The van der Waals surface area contributed by atoms with Crippen LogP contribution in [0.15, 0.2) is 18.3 Å². The van der Waals surface area contributed by atoms with Crippen LogP contribution in [0.4, 0.5) is 0 Å². The summed E-state index contributed by atoms with van der Waals surface area (Å²) >= 11 is 5.92. The Balaban J connectivity index is 1.75. The standard InChI is InChI=1S/C17H19ClN4O2/c1-17(2,8-23)20-16(24)14-12-6-9-5-11(9)15(12)22(21-14)13-4-3-10(18)7-19-13/h3-4,7,9,11,23H,5-6,8H2,1-2H3,(H,20,24). The maximum absolute atomic E-state index is 12.7. The number of hydrogen-bond acceptors (Lipinski definition) is 4. The molecule has 0 saturated heterocycles. The van der Waals surface area contributed by atoms with Crippen LogP contribution in [0.25, 0.3) is 5.82 Å². The smallest absolute Gasteiger partial charge is 0.272 e. The van der Waals surface area contributed by atoms with E-state index >= 15 is 0 Å². The van der Waals surface area contributed by atoms with Gasteiger partial charge in [-0.25, -0.2) is 9.67 Å². The summed E-state index contributed by atoms with van der Waals surface area (Å²) in [7, 11) is 0. The van der Waals surface area contributed by atoms with Gasteiger partial charge in [-0.05, 0) is 44.7 Å². The van der Waals surface area contributed by atoms with E-state index in [4.69, 9.17) is 11.6 Å². The lowest BCUT2D eigenvalue weighted by molar-refractivity contribution is 0.0863. The highest BCUT2D eigenvalue weighted by Gasteiger charge is 2.50. The number of nitrogens with zero attached hydrogens (tertiary/aromatic N) is 3. The molecule has 2 atom stereocenters. The highest BCUT2D eigenvalue weighted by atomic mass is 35.5. The van der Waals surface area contributed by atoms with Gasteiger partial charge in [0.2, 0.25) is 0 Å². The van der Waals surface area contributed by atoms with Gasteiger partial charge in [0.15, 0.2) is 11.5 Å². The Morgan fingerprint density at radius 3 is 2.96 bits per heavy atom. The minimum Gasteiger partial charge on any atom is -0.394 e. The first-order valence-electron chi connectivity index (χ1n) is 8.07. The summed E-state index contributed by atoms with van der Waals surface area (Å²) in [4.78, 5) is 17.0. The van der Waals surface area contributed by atoms with Crippen molar-refractivity contribution in [1.82, 2.24) is 20.1 Å². The van der Waals surface area contributed by atoms with Gasteiger partial charge in [0, 0.05) is 17.7 Å². The second-order valence-corrected chi connectivity index (χ2v) is 7.70. The van der Waals surface area contributed by atoms with Crippen molar-refractivity contribution >= 4 is 17.5 Å². The van der Waals surface area contributed by atoms with Crippen molar-refractivity contribution in [3.05, 3.63) is 40.3 Å². The van der Waals surface area contributed by atoms with Crippen LogP contribution in [0.1, 0.15) is 47.9 Å². The molecule has 2 unspecified atom stereocenters. The van der Waals surface area contributed by atoms with Crippen LogP contribution < -0.4 is 5.32 Å². The summed E-state index contributed by atoms with van der Waals surface area (Å²) in [6.07, 6.45) is 3.62. The average Bonchev–Trinajstić information content (AvgIpc) is 3.04. The van der Waals surface area contributed by atoms with Gasteiger partial charge in [-0.1, -0.05) is 11.6 Å². The molecule has 2 N–H and O–H groups in total. The zero-order valence-corrected chi connectivity index (χ0v) is 14.3. The fourth-order valence-electron chi connectivity index (χ4n) is 3.37. The molecule has 6 nitrogen and oxygen atoms in total. The predicted octanol–water partition coefficient (Wildman–Crippen LogP) is 2.08. The van der Waals surface area contributed by atoms with E-state index in [2.05, 4.69) is 15.4 Å². The highest BCUT2D eigenvalue weighted by Crippen LogP contribution is 2.57. The number of nitrogens with one attached hydrogen (secondary N) is 1. The van der Waals surface area contributed by atoms with E-state index in [0.29, 0.717) is 28.4 Å². The molecule has 24 heavy (non-hydrogen) atoms. The fourth-order valence-corrected chi connectivity index (χ4v) is 3.48. The second-order valence-electron chi connectivity index (χ2n) is 7.26. The monoisotopic (exact) mass is 346 g/mol. The third kappa shape index (κ3) is 2.50. The molecule has 2 aliphatic rings. The van der Waals surface area contributed by atoms with E-state index in [1.54, 1.807) is 30.8 Å². The van der Waals surface area contributed by atoms with Crippen molar-refractivity contribution in [1.29, 1.82) is 0 Å². The molecule has 0 aliphatic heterocycles. The summed E-state index contributed by atoms with van der Waals surface area (Å²) in [5.41, 5.74) is 1.87. The number of halogens is 1. The molecule has 1 amide bonds. The van der Waals surface area contributed by atoms with Gasteiger partial charge in [-0.2, -0.15) is 5.10 Å². The van der Waals surface area contributed by atoms with Gasteiger partial charge in [0.25, 0.3) is 5.91 Å². The van der Waals surface area contributed by atoms with Crippen LogP contribution in [0.3, 0.4) is 0 Å². The number of hydrogen-bond donors (Lipinski definition) is 2. The highest BCUT2D eigenvalue weighted by molar-refractivity contribution is 6.30. The number of aliphatic hydroxyl groups excluding tert-OH is 1. The molecule has 126 valence electrons. The molecule has 2 heterocycles. The van der Waals surface area contributed by atoms with E-state index in [0.717, 1.165) is 24.1 Å². The number of pyridine rings is 1. The van der Waals surface area contributed by atoms with Gasteiger partial charge in [0.05, 0.1) is 22.9 Å². The third-order valence-electron chi connectivity index (χ3n) is 4.75. The molecule has 2 aliphatic carbocycles. The average molecular weight is 347 g/mol. The first-order chi connectivity index (χ1) is 11.4. The lowest BCUT2D eigenvalue weighted by Gasteiger charge is -2.23. The van der Waals surface area contributed by atoms with Crippen molar-refractivity contribution in [3.63, 3.8) is 0 Å². The third-order valence-corrected chi connectivity index (χ3v) is 4.98. The molecule has 2 aromatic rings. The second kappa shape index (κ2) is 5.29. The first-order valence-corrected chi connectivity index (χ1v) is 8.44. The molecule has 4 rings (SSSR count). The Morgan fingerprint density at radius 1 is 1.50 bits per heavy atom. The first kappa shape index (κ1) is 15.6. The Bertz CT molecular complexity index is 813. The van der Waals surface area contributed by atoms with Crippen molar-refractivity contribution in [2.24, 2.45) is 5.92 Å². The van der Waals surface area contributed by atoms with E-state index in [1.807, 2.05) is 6.07 Å². The SMILES string of the molecule is CC(C)(CO)NC(=O)c1nn(-c2ccc(Cl)cn2)c2c1CC1CC21. The molecular formula is C17H19ClN4O2. The van der Waals surface area contributed by atoms with Gasteiger partial charge in [0.1, 0.15) is 0 Å². The molecule has 7 heteroatoms. The quantitative estimate of drug-likeness (QED) is 0.888. The topological polar surface area (TPSA) is 80.0 Å². The number of rotatable bonds is 4. The predicted molar refractivity (Wildman–Crippen MR) is 89.6 cm³/mol. The molecule has 0 bridgehead atoms. The van der Waals surface area contributed by atoms with Crippen LogP contribution in [0.5, 0.6) is 0 Å². The molecular weight excluding hydrogens is 328 g/mol. The number of carbonyl (C=O) groups excluding carboxylic acids is 1. The lowest BCUT2D eigenvalue weighted by Crippen LogP contribution is -2.46. The Labute approximate surface area is 144 Å². The van der Waals surface area contributed by atoms with Crippen LogP contribution in [-0.4, -0.2) is 37.9 Å². The molecule has 0 aromatic carbocycles. The maximum atomic E-state index is 12.7. The normalized spacial score (nSPS) is 21.3. The van der Waals surface area contributed by atoms with Crippen molar-refractivity contribution in [2.45, 2.75) is 38.1 Å². The molecule has 0 spiro atoms. The fraction of sp³-hybridized carbons (Fsp3) is 0.471. The summed E-state index contributed by atoms with van der Waals surface area (Å²) in [5.74, 6) is 1.51. The lowest BCUT2D eigenvalue weighted by atomic mass is 10.1. The molecule has 1 saturated carbocycles. The summed E-state index contributed by atoms with van der Waals surface area (Å²) in [6.45, 7) is 3.42. The minimum absolute atomic E-state index is 0.133. The van der Waals surface area contributed by atoms with Gasteiger partial charge in [-0.3, -0.25) is 4.79 Å². The largest absolute Gasteiger partial charge is 0.394 e. The molecule has 2 aromatic heterocycles. The number of aliphatic hydroxyl groups is 1. The van der Waals surface area contributed by atoms with E-state index in [9.17, 15) is 9.90 Å². The van der Waals surface area contributed by atoms with Crippen LogP contribution >= 0.6 is 11.6 Å². The van der Waals surface area contributed by atoms with Gasteiger partial charge in [-0.15, -0.1) is 0 Å². The Kier molecular flexibility index (Phi) is 3.44. The van der Waals surface area contributed by atoms with E-state index in [-0.39, 0.29) is 12.5 Å². The van der Waals surface area contributed by atoms with Crippen molar-refractivity contribution in [2.75, 3.05) is 6.61 Å². The minimum atomic E-state index is -0.687. The van der Waals surface area contributed by atoms with Crippen LogP contribution in [0.2, 0.25) is 5.02 Å². The molecule has 0 radical (unpaired) electrons. The number of aromatic nitrogens is 3. The number of carbonyl (C=O) groups is 1. The number of fused-ring (bicyclic) bond motifs is 3. The summed E-state index contributed by atoms with van der Waals surface area (Å²) in [5, 5.41) is 17.3. The van der Waals surface area contributed by atoms with Crippen LogP contribution in [-0.2, 0) is 6.42 Å². The zero-order chi connectivity index (χ0) is 17.1. The summed E-state index contributed by atoms with van der Waals surface area (Å²) < 4.78 is 1.78. The van der Waals surface area contributed by atoms with Gasteiger partial charge >= 0.3 is 0 Å². The van der Waals surface area contributed by atoms with E-state index in [1.165, 1.54) is 0 Å². The van der Waals surface area contributed by atoms with Crippen LogP contribution in [0, 0.1) is 5.92 Å². The Hall–Kier alpha value is -1.92. The van der Waals surface area contributed by atoms with Crippen molar-refractivity contribution < 1.29 is 9.90 Å². The maximum Gasteiger partial charge on any atom is 0.272 e. The number of amides is 1. The summed E-state index contributed by atoms with van der Waals surface area (Å²) in [6, 6.07) is 3.58. The zero-order valence-electron chi connectivity index (χ0n) is 13.6. The molecule has 1 fully saturated rings. The Morgan fingerprint density at radius 2 is 2.29 bits per heavy atom.